The summed E-state index contributed by atoms with van der Waals surface area (Å²) in [4.78, 5) is 13.9. The van der Waals surface area contributed by atoms with Gasteiger partial charge in [-0.3, -0.25) is 4.79 Å². The van der Waals surface area contributed by atoms with Crippen LogP contribution in [0.25, 0.3) is 0 Å². The molecule has 2 heterocycles. The van der Waals surface area contributed by atoms with Crippen molar-refractivity contribution >= 4 is 11.6 Å². The quantitative estimate of drug-likeness (QED) is 0.772. The number of hydrogen-bond acceptors (Lipinski definition) is 4. The monoisotopic (exact) mass is 277 g/mol. The van der Waals surface area contributed by atoms with E-state index in [2.05, 4.69) is 0 Å². The van der Waals surface area contributed by atoms with E-state index in [1.54, 1.807) is 4.90 Å². The van der Waals surface area contributed by atoms with E-state index >= 15 is 0 Å². The highest BCUT2D eigenvalue weighted by Gasteiger charge is 2.25. The maximum Gasteiger partial charge on any atom is 0.227 e. The molecule has 0 saturated carbocycles. The number of carbonyl (C=O) groups excluding carboxylic acids is 1. The molecule has 2 aliphatic rings. The maximum absolute atomic E-state index is 12.1. The summed E-state index contributed by atoms with van der Waals surface area (Å²) in [6, 6.07) is 5.62. The average molecular weight is 277 g/mol. The van der Waals surface area contributed by atoms with Crippen LogP contribution in [0.1, 0.15) is 19.8 Å². The van der Waals surface area contributed by atoms with Crippen molar-refractivity contribution in [2.45, 2.75) is 25.9 Å². The smallest absolute Gasteiger partial charge is 0.227 e. The molecular weight excluding hydrogens is 258 g/mol. The van der Waals surface area contributed by atoms with Crippen LogP contribution in [0.2, 0.25) is 0 Å². The minimum absolute atomic E-state index is 0.150. The Morgan fingerprint density at radius 3 is 3.10 bits per heavy atom. The Hall–Kier alpha value is -1.75. The molecule has 1 atom stereocenters. The zero-order valence-electron chi connectivity index (χ0n) is 11.6. The van der Waals surface area contributed by atoms with Crippen LogP contribution >= 0.6 is 0 Å². The van der Waals surface area contributed by atoms with Gasteiger partial charge in [-0.25, -0.2) is 0 Å². The minimum Gasteiger partial charge on any atom is -0.491 e. The molecule has 2 aliphatic heterocycles. The molecule has 1 unspecified atom stereocenters. The third kappa shape index (κ3) is 2.88. The minimum atomic E-state index is 0.150. The van der Waals surface area contributed by atoms with Crippen molar-refractivity contribution < 1.29 is 19.0 Å². The molecule has 1 fully saturated rings. The Bertz CT molecular complexity index is 499. The first-order valence-electron chi connectivity index (χ1n) is 7.09. The SMILES string of the molecule is CCCC(=O)N1CCOc2cc(OCC3CO3)ccc21. The predicted molar refractivity (Wildman–Crippen MR) is 74.4 cm³/mol. The van der Waals surface area contributed by atoms with Gasteiger partial charge in [0.15, 0.2) is 0 Å². The predicted octanol–water partition coefficient (Wildman–Crippen LogP) is 1.99. The molecule has 0 N–H and O–H groups in total. The van der Waals surface area contributed by atoms with Crippen molar-refractivity contribution in [3.05, 3.63) is 18.2 Å². The van der Waals surface area contributed by atoms with Crippen molar-refractivity contribution in [2.24, 2.45) is 0 Å². The highest BCUT2D eigenvalue weighted by Crippen LogP contribution is 2.35. The highest BCUT2D eigenvalue weighted by molar-refractivity contribution is 5.95. The Kier molecular flexibility index (Phi) is 3.78. The van der Waals surface area contributed by atoms with Gasteiger partial charge in [-0.2, -0.15) is 0 Å². The molecule has 1 aromatic carbocycles. The van der Waals surface area contributed by atoms with Crippen LogP contribution in [0.15, 0.2) is 18.2 Å². The molecule has 1 saturated heterocycles. The lowest BCUT2D eigenvalue weighted by atomic mass is 10.2. The summed E-state index contributed by atoms with van der Waals surface area (Å²) in [5, 5.41) is 0. The molecule has 1 amide bonds. The van der Waals surface area contributed by atoms with Gasteiger partial charge in [0.1, 0.15) is 30.8 Å². The van der Waals surface area contributed by atoms with E-state index in [0.29, 0.717) is 26.2 Å². The number of amides is 1. The first-order valence-corrected chi connectivity index (χ1v) is 7.09. The number of epoxide rings is 1. The lowest BCUT2D eigenvalue weighted by molar-refractivity contribution is -0.118. The summed E-state index contributed by atoms with van der Waals surface area (Å²) >= 11 is 0. The molecule has 1 aromatic rings. The number of hydrogen-bond donors (Lipinski definition) is 0. The number of ether oxygens (including phenoxy) is 3. The Labute approximate surface area is 118 Å². The van der Waals surface area contributed by atoms with E-state index in [9.17, 15) is 4.79 Å². The van der Waals surface area contributed by atoms with Gasteiger partial charge in [0.25, 0.3) is 0 Å². The third-order valence-corrected chi connectivity index (χ3v) is 3.40. The Morgan fingerprint density at radius 1 is 1.50 bits per heavy atom. The van der Waals surface area contributed by atoms with Gasteiger partial charge in [0, 0.05) is 12.5 Å². The van der Waals surface area contributed by atoms with E-state index in [1.165, 1.54) is 0 Å². The lowest BCUT2D eigenvalue weighted by Crippen LogP contribution is -2.37. The van der Waals surface area contributed by atoms with Gasteiger partial charge in [-0.1, -0.05) is 6.92 Å². The van der Waals surface area contributed by atoms with Gasteiger partial charge in [0.05, 0.1) is 18.8 Å². The van der Waals surface area contributed by atoms with E-state index < -0.39 is 0 Å². The summed E-state index contributed by atoms with van der Waals surface area (Å²) in [6.45, 7) is 4.49. The molecule has 20 heavy (non-hydrogen) atoms. The van der Waals surface area contributed by atoms with Crippen LogP contribution in [0.4, 0.5) is 5.69 Å². The summed E-state index contributed by atoms with van der Waals surface area (Å²) in [7, 11) is 0. The second kappa shape index (κ2) is 5.71. The highest BCUT2D eigenvalue weighted by atomic mass is 16.6. The summed E-state index contributed by atoms with van der Waals surface area (Å²) in [5.41, 5.74) is 0.838. The number of anilines is 1. The van der Waals surface area contributed by atoms with E-state index in [-0.39, 0.29) is 12.0 Å². The molecule has 0 aromatic heterocycles. The second-order valence-electron chi connectivity index (χ2n) is 5.04. The second-order valence-corrected chi connectivity index (χ2v) is 5.04. The van der Waals surface area contributed by atoms with Crippen molar-refractivity contribution in [1.29, 1.82) is 0 Å². The fraction of sp³-hybridized carbons (Fsp3) is 0.533. The van der Waals surface area contributed by atoms with E-state index in [0.717, 1.165) is 30.2 Å². The van der Waals surface area contributed by atoms with Crippen molar-refractivity contribution in [3.8, 4) is 11.5 Å². The zero-order valence-corrected chi connectivity index (χ0v) is 11.6. The van der Waals surface area contributed by atoms with Crippen LogP contribution in [-0.4, -0.2) is 38.4 Å². The largest absolute Gasteiger partial charge is 0.491 e. The molecule has 108 valence electrons. The number of rotatable bonds is 5. The van der Waals surface area contributed by atoms with Crippen molar-refractivity contribution in [2.75, 3.05) is 31.3 Å². The van der Waals surface area contributed by atoms with E-state index in [4.69, 9.17) is 14.2 Å². The van der Waals surface area contributed by atoms with Crippen LogP contribution in [0.3, 0.4) is 0 Å². The molecule has 0 aliphatic carbocycles. The summed E-state index contributed by atoms with van der Waals surface area (Å²) in [6.07, 6.45) is 1.65. The topological polar surface area (TPSA) is 51.3 Å². The number of benzene rings is 1. The molecular formula is C15H19NO4. The molecule has 5 heteroatoms. The van der Waals surface area contributed by atoms with E-state index in [1.807, 2.05) is 25.1 Å². The first kappa shape index (κ1) is 13.2. The normalized spacial score (nSPS) is 20.1. The molecule has 5 nitrogen and oxygen atoms in total. The summed E-state index contributed by atoms with van der Waals surface area (Å²) < 4.78 is 16.4. The van der Waals surface area contributed by atoms with Gasteiger partial charge >= 0.3 is 0 Å². The molecule has 0 bridgehead atoms. The molecule has 3 rings (SSSR count). The molecule has 0 spiro atoms. The number of fused-ring (bicyclic) bond motifs is 1. The Balaban J connectivity index is 1.74. The van der Waals surface area contributed by atoms with Gasteiger partial charge in [-0.05, 0) is 18.6 Å². The van der Waals surface area contributed by atoms with Crippen LogP contribution in [0, 0.1) is 0 Å². The Morgan fingerprint density at radius 2 is 2.35 bits per heavy atom. The fourth-order valence-corrected chi connectivity index (χ4v) is 2.25. The van der Waals surface area contributed by atoms with Crippen LogP contribution < -0.4 is 14.4 Å². The summed E-state index contributed by atoms with van der Waals surface area (Å²) in [5.74, 6) is 1.62. The molecule has 0 radical (unpaired) electrons. The maximum atomic E-state index is 12.1. The van der Waals surface area contributed by atoms with Gasteiger partial charge in [-0.15, -0.1) is 0 Å². The standard InChI is InChI=1S/C15H19NO4/c1-2-3-15(17)16-6-7-18-14-8-11(4-5-13(14)16)19-9-12-10-20-12/h4-5,8,12H,2-3,6-7,9-10H2,1H3. The number of nitrogens with zero attached hydrogens (tertiary/aromatic N) is 1. The van der Waals surface area contributed by atoms with Crippen LogP contribution in [-0.2, 0) is 9.53 Å². The lowest BCUT2D eigenvalue weighted by Gasteiger charge is -2.29. The van der Waals surface area contributed by atoms with Gasteiger partial charge in [0.2, 0.25) is 5.91 Å². The van der Waals surface area contributed by atoms with Gasteiger partial charge < -0.3 is 19.1 Å². The average Bonchev–Trinajstić information content (AvgIpc) is 3.28. The number of carbonyl (C=O) groups is 1. The van der Waals surface area contributed by atoms with Crippen molar-refractivity contribution in [3.63, 3.8) is 0 Å². The third-order valence-electron chi connectivity index (χ3n) is 3.40. The first-order chi connectivity index (χ1) is 9.78. The fourth-order valence-electron chi connectivity index (χ4n) is 2.25. The van der Waals surface area contributed by atoms with Crippen molar-refractivity contribution in [1.82, 2.24) is 0 Å². The van der Waals surface area contributed by atoms with Crippen LogP contribution in [0.5, 0.6) is 11.5 Å². The zero-order chi connectivity index (χ0) is 13.9.